The molecule has 0 spiro atoms. The normalized spacial score (nSPS) is 16.5. The molecule has 6 heteroatoms. The molecular formula is C23H26N4OS. The lowest BCUT2D eigenvalue weighted by molar-refractivity contribution is -0.128. The van der Waals surface area contributed by atoms with Crippen LogP contribution in [0.3, 0.4) is 0 Å². The van der Waals surface area contributed by atoms with Crippen molar-refractivity contribution in [1.29, 1.82) is 0 Å². The van der Waals surface area contributed by atoms with Gasteiger partial charge in [0.15, 0.2) is 0 Å². The van der Waals surface area contributed by atoms with Gasteiger partial charge in [0.05, 0.1) is 17.1 Å². The number of hydrogen-bond acceptors (Lipinski definition) is 4. The highest BCUT2D eigenvalue weighted by molar-refractivity contribution is 8.00. The van der Waals surface area contributed by atoms with Crippen molar-refractivity contribution < 1.29 is 4.79 Å². The molecule has 1 amide bonds. The van der Waals surface area contributed by atoms with Gasteiger partial charge in [-0.05, 0) is 43.7 Å². The number of rotatable bonds is 5. The zero-order chi connectivity index (χ0) is 20.5. The van der Waals surface area contributed by atoms with E-state index in [1.807, 2.05) is 48.8 Å². The third-order valence-electron chi connectivity index (χ3n) is 5.37. The second-order valence-electron chi connectivity index (χ2n) is 7.58. The molecule has 1 aromatic heterocycles. The SMILES string of the molecule is Cc1nn(-c2ccccc2)c(C)c1C1SCC(=O)N1Cc1ccc(N(C)C)cc1. The second-order valence-corrected chi connectivity index (χ2v) is 8.65. The van der Waals surface area contributed by atoms with Gasteiger partial charge in [0.2, 0.25) is 5.91 Å². The highest BCUT2D eigenvalue weighted by Gasteiger charge is 2.36. The van der Waals surface area contributed by atoms with Crippen LogP contribution >= 0.6 is 11.8 Å². The van der Waals surface area contributed by atoms with Crippen LogP contribution in [0, 0.1) is 13.8 Å². The Hall–Kier alpha value is -2.73. The molecule has 1 aliphatic heterocycles. The maximum absolute atomic E-state index is 12.7. The number of thioether (sulfide) groups is 1. The molecule has 1 unspecified atom stereocenters. The van der Waals surface area contributed by atoms with Gasteiger partial charge in [0, 0.05) is 37.6 Å². The monoisotopic (exact) mass is 406 g/mol. The van der Waals surface area contributed by atoms with Crippen LogP contribution in [0.5, 0.6) is 0 Å². The first kappa shape index (κ1) is 19.6. The zero-order valence-electron chi connectivity index (χ0n) is 17.3. The van der Waals surface area contributed by atoms with Crippen LogP contribution in [0.25, 0.3) is 5.69 Å². The summed E-state index contributed by atoms with van der Waals surface area (Å²) in [5, 5.41) is 4.78. The third kappa shape index (κ3) is 3.77. The minimum absolute atomic E-state index is 0.00603. The van der Waals surface area contributed by atoms with E-state index in [0.29, 0.717) is 12.3 Å². The number of para-hydroxylation sites is 1. The van der Waals surface area contributed by atoms with E-state index in [0.717, 1.165) is 33.9 Å². The molecule has 1 saturated heterocycles. The first-order chi connectivity index (χ1) is 14.0. The standard InChI is InChI=1S/C23H26N4OS/c1-16-22(17(2)27(24-16)20-8-6-5-7-9-20)23-26(21(28)15-29-23)14-18-10-12-19(13-11-18)25(3)4/h5-13,23H,14-15H2,1-4H3. The number of benzene rings is 2. The number of aryl methyl sites for hydroxylation is 1. The Morgan fingerprint density at radius 3 is 2.41 bits per heavy atom. The average molecular weight is 407 g/mol. The predicted octanol–water partition coefficient (Wildman–Crippen LogP) is 4.33. The molecule has 29 heavy (non-hydrogen) atoms. The van der Waals surface area contributed by atoms with Crippen molar-refractivity contribution in [1.82, 2.24) is 14.7 Å². The zero-order valence-corrected chi connectivity index (χ0v) is 18.1. The lowest BCUT2D eigenvalue weighted by Gasteiger charge is -2.25. The van der Waals surface area contributed by atoms with Gasteiger partial charge in [-0.15, -0.1) is 11.8 Å². The molecule has 3 aromatic rings. The molecule has 0 bridgehead atoms. The summed E-state index contributed by atoms with van der Waals surface area (Å²) >= 11 is 1.69. The van der Waals surface area contributed by atoms with Gasteiger partial charge in [-0.2, -0.15) is 5.10 Å². The summed E-state index contributed by atoms with van der Waals surface area (Å²) in [5.41, 5.74) is 6.56. The first-order valence-electron chi connectivity index (χ1n) is 9.74. The van der Waals surface area contributed by atoms with Crippen LogP contribution in [-0.2, 0) is 11.3 Å². The predicted molar refractivity (Wildman–Crippen MR) is 120 cm³/mol. The molecule has 0 saturated carbocycles. The number of amides is 1. The summed E-state index contributed by atoms with van der Waals surface area (Å²) < 4.78 is 1.98. The van der Waals surface area contributed by atoms with Gasteiger partial charge in [0.1, 0.15) is 5.37 Å². The number of carbonyl (C=O) groups excluding carboxylic acids is 1. The summed E-state index contributed by atoms with van der Waals surface area (Å²) in [4.78, 5) is 16.8. The maximum Gasteiger partial charge on any atom is 0.234 e. The van der Waals surface area contributed by atoms with Gasteiger partial charge in [0.25, 0.3) is 0 Å². The van der Waals surface area contributed by atoms with Gasteiger partial charge in [-0.1, -0.05) is 30.3 Å². The summed E-state index contributed by atoms with van der Waals surface area (Å²) in [5.74, 6) is 0.693. The summed E-state index contributed by atoms with van der Waals surface area (Å²) in [6, 6.07) is 18.6. The minimum atomic E-state index is -0.00603. The fourth-order valence-electron chi connectivity index (χ4n) is 3.79. The van der Waals surface area contributed by atoms with Crippen molar-refractivity contribution >= 4 is 23.4 Å². The number of hydrogen-bond donors (Lipinski definition) is 0. The number of carbonyl (C=O) groups is 1. The summed E-state index contributed by atoms with van der Waals surface area (Å²) in [6.45, 7) is 4.74. The van der Waals surface area contributed by atoms with Gasteiger partial charge < -0.3 is 9.80 Å². The molecule has 1 aliphatic rings. The first-order valence-corrected chi connectivity index (χ1v) is 10.8. The van der Waals surface area contributed by atoms with Crippen molar-refractivity contribution in [2.75, 3.05) is 24.7 Å². The molecular weight excluding hydrogens is 380 g/mol. The Kier molecular flexibility index (Phi) is 5.37. The van der Waals surface area contributed by atoms with Crippen LogP contribution in [0.2, 0.25) is 0 Å². The van der Waals surface area contributed by atoms with Crippen molar-refractivity contribution in [3.05, 3.63) is 77.1 Å². The minimum Gasteiger partial charge on any atom is -0.378 e. The van der Waals surface area contributed by atoms with E-state index in [1.54, 1.807) is 11.8 Å². The van der Waals surface area contributed by atoms with E-state index in [2.05, 4.69) is 48.2 Å². The van der Waals surface area contributed by atoms with Crippen molar-refractivity contribution in [3.8, 4) is 5.69 Å². The van der Waals surface area contributed by atoms with E-state index < -0.39 is 0 Å². The molecule has 5 nitrogen and oxygen atoms in total. The molecule has 0 aliphatic carbocycles. The highest BCUT2D eigenvalue weighted by atomic mass is 32.2. The molecule has 2 heterocycles. The van der Waals surface area contributed by atoms with Crippen LogP contribution in [0.15, 0.2) is 54.6 Å². The fraction of sp³-hybridized carbons (Fsp3) is 0.304. The van der Waals surface area contributed by atoms with E-state index in [9.17, 15) is 4.79 Å². The van der Waals surface area contributed by atoms with Crippen molar-refractivity contribution in [2.24, 2.45) is 0 Å². The van der Waals surface area contributed by atoms with E-state index >= 15 is 0 Å². The molecule has 0 N–H and O–H groups in total. The van der Waals surface area contributed by atoms with Crippen LogP contribution in [0.1, 0.15) is 27.9 Å². The number of nitrogens with zero attached hydrogens (tertiary/aromatic N) is 4. The molecule has 1 fully saturated rings. The Labute approximate surface area is 176 Å². The Balaban J connectivity index is 1.64. The molecule has 150 valence electrons. The Morgan fingerprint density at radius 1 is 1.07 bits per heavy atom. The number of anilines is 1. The Bertz CT molecular complexity index is 1010. The lowest BCUT2D eigenvalue weighted by Crippen LogP contribution is -2.28. The van der Waals surface area contributed by atoms with Crippen LogP contribution < -0.4 is 4.90 Å². The van der Waals surface area contributed by atoms with Gasteiger partial charge in [-0.25, -0.2) is 4.68 Å². The molecule has 4 rings (SSSR count). The smallest absolute Gasteiger partial charge is 0.234 e. The summed E-state index contributed by atoms with van der Waals surface area (Å²) in [6.07, 6.45) is 0. The molecule has 2 aromatic carbocycles. The van der Waals surface area contributed by atoms with Crippen molar-refractivity contribution in [3.63, 3.8) is 0 Å². The Morgan fingerprint density at radius 2 is 1.76 bits per heavy atom. The molecule has 0 radical (unpaired) electrons. The second kappa shape index (κ2) is 7.95. The third-order valence-corrected chi connectivity index (χ3v) is 6.59. The lowest BCUT2D eigenvalue weighted by atomic mass is 10.1. The molecule has 1 atom stereocenters. The van der Waals surface area contributed by atoms with Gasteiger partial charge in [-0.3, -0.25) is 4.79 Å². The van der Waals surface area contributed by atoms with Gasteiger partial charge >= 0.3 is 0 Å². The van der Waals surface area contributed by atoms with Crippen molar-refractivity contribution in [2.45, 2.75) is 25.8 Å². The highest BCUT2D eigenvalue weighted by Crippen LogP contribution is 2.42. The number of aromatic nitrogens is 2. The quantitative estimate of drug-likeness (QED) is 0.632. The maximum atomic E-state index is 12.7. The fourth-order valence-corrected chi connectivity index (χ4v) is 5.14. The van der Waals surface area contributed by atoms with E-state index in [4.69, 9.17) is 5.10 Å². The largest absolute Gasteiger partial charge is 0.378 e. The van der Waals surface area contributed by atoms with E-state index in [1.165, 1.54) is 0 Å². The summed E-state index contributed by atoms with van der Waals surface area (Å²) in [7, 11) is 4.06. The topological polar surface area (TPSA) is 41.4 Å². The van der Waals surface area contributed by atoms with Crippen LogP contribution in [-0.4, -0.2) is 40.4 Å². The van der Waals surface area contributed by atoms with E-state index in [-0.39, 0.29) is 11.3 Å². The average Bonchev–Trinajstić information content (AvgIpc) is 3.22. The van der Waals surface area contributed by atoms with Crippen LogP contribution in [0.4, 0.5) is 5.69 Å².